The highest BCUT2D eigenvalue weighted by molar-refractivity contribution is 5.74. The zero-order valence-corrected chi connectivity index (χ0v) is 11.8. The number of nitro benzene ring substituents is 1. The fourth-order valence-corrected chi connectivity index (χ4v) is 2.01. The molecule has 0 saturated carbocycles. The molecule has 0 aliphatic heterocycles. The largest absolute Gasteiger partial charge is 0.374 e. The van der Waals surface area contributed by atoms with Gasteiger partial charge in [-0.3, -0.25) is 10.1 Å². The van der Waals surface area contributed by atoms with E-state index >= 15 is 0 Å². The molecule has 0 unspecified atom stereocenters. The van der Waals surface area contributed by atoms with Crippen LogP contribution in [0.15, 0.2) is 18.2 Å². The van der Waals surface area contributed by atoms with Crippen LogP contribution in [-0.2, 0) is 10.2 Å². The van der Waals surface area contributed by atoms with Crippen molar-refractivity contribution in [2.24, 2.45) is 0 Å². The molecule has 0 heterocycles. The van der Waals surface area contributed by atoms with Crippen LogP contribution in [-0.4, -0.2) is 24.8 Å². The minimum absolute atomic E-state index is 0.0126. The van der Waals surface area contributed by atoms with Crippen molar-refractivity contribution in [3.8, 4) is 0 Å². The monoisotopic (exact) mass is 264 g/mol. The van der Waals surface area contributed by atoms with Crippen LogP contribution < -0.4 is 4.90 Å². The summed E-state index contributed by atoms with van der Waals surface area (Å²) in [4.78, 5) is 23.7. The number of non-ortho nitro benzene ring substituents is 1. The molecular formula is C14H20N2O3. The summed E-state index contributed by atoms with van der Waals surface area (Å²) in [7, 11) is 1.93. The third-order valence-electron chi connectivity index (χ3n) is 3.15. The topological polar surface area (TPSA) is 63.4 Å². The van der Waals surface area contributed by atoms with Gasteiger partial charge in [-0.2, -0.15) is 0 Å². The standard InChI is InChI=1S/C14H20N2O3/c1-5-8-15(4)13-7-6-11(16(18)19)9-12(13)14(2,3)10-17/h6-7,9-10H,5,8H2,1-4H3. The van der Waals surface area contributed by atoms with E-state index in [0.29, 0.717) is 5.56 Å². The Kier molecular flexibility index (Phi) is 4.64. The first-order chi connectivity index (χ1) is 8.83. The van der Waals surface area contributed by atoms with E-state index in [1.165, 1.54) is 12.1 Å². The fraction of sp³-hybridized carbons (Fsp3) is 0.500. The Morgan fingerprint density at radius 2 is 2.05 bits per heavy atom. The molecule has 0 radical (unpaired) electrons. The molecule has 1 aromatic carbocycles. The Balaban J connectivity index is 3.38. The lowest BCUT2D eigenvalue weighted by Gasteiger charge is -2.27. The maximum atomic E-state index is 11.3. The maximum Gasteiger partial charge on any atom is 0.269 e. The SMILES string of the molecule is CCCN(C)c1ccc([N+](=O)[O-])cc1C(C)(C)C=O. The second-order valence-electron chi connectivity index (χ2n) is 5.22. The Morgan fingerprint density at radius 1 is 1.42 bits per heavy atom. The van der Waals surface area contributed by atoms with Crippen molar-refractivity contribution in [3.63, 3.8) is 0 Å². The number of carbonyl (C=O) groups excluding carboxylic acids is 1. The first kappa shape index (κ1) is 15.1. The number of carbonyl (C=O) groups is 1. The van der Waals surface area contributed by atoms with Gasteiger partial charge in [0.05, 0.1) is 4.92 Å². The summed E-state index contributed by atoms with van der Waals surface area (Å²) in [5, 5.41) is 10.9. The second kappa shape index (κ2) is 5.82. The van der Waals surface area contributed by atoms with Gasteiger partial charge >= 0.3 is 0 Å². The smallest absolute Gasteiger partial charge is 0.269 e. The van der Waals surface area contributed by atoms with E-state index < -0.39 is 10.3 Å². The zero-order chi connectivity index (χ0) is 14.6. The van der Waals surface area contributed by atoms with Crippen LogP contribution in [0.2, 0.25) is 0 Å². The van der Waals surface area contributed by atoms with E-state index in [0.717, 1.165) is 24.9 Å². The van der Waals surface area contributed by atoms with E-state index in [9.17, 15) is 14.9 Å². The number of hydrogen-bond donors (Lipinski definition) is 0. The lowest BCUT2D eigenvalue weighted by molar-refractivity contribution is -0.384. The van der Waals surface area contributed by atoms with Gasteiger partial charge in [0.15, 0.2) is 0 Å². The lowest BCUT2D eigenvalue weighted by atomic mass is 9.84. The van der Waals surface area contributed by atoms with Gasteiger partial charge in [0.2, 0.25) is 0 Å². The van der Waals surface area contributed by atoms with Gasteiger partial charge in [0.1, 0.15) is 6.29 Å². The van der Waals surface area contributed by atoms with Crippen LogP contribution in [0.4, 0.5) is 11.4 Å². The van der Waals surface area contributed by atoms with E-state index in [4.69, 9.17) is 0 Å². The molecular weight excluding hydrogens is 244 g/mol. The van der Waals surface area contributed by atoms with Crippen molar-refractivity contribution in [3.05, 3.63) is 33.9 Å². The maximum absolute atomic E-state index is 11.3. The predicted octanol–water partition coefficient (Wildman–Crippen LogP) is 2.92. The van der Waals surface area contributed by atoms with Crippen LogP contribution in [0.1, 0.15) is 32.8 Å². The molecule has 1 aromatic rings. The molecule has 0 aromatic heterocycles. The average Bonchev–Trinajstić information content (AvgIpc) is 2.38. The molecule has 0 fully saturated rings. The number of aldehydes is 1. The third-order valence-corrected chi connectivity index (χ3v) is 3.15. The van der Waals surface area contributed by atoms with Crippen molar-refractivity contribution in [1.29, 1.82) is 0 Å². The molecule has 0 aliphatic rings. The molecule has 0 amide bonds. The number of nitrogens with zero attached hydrogens (tertiary/aromatic N) is 2. The van der Waals surface area contributed by atoms with Gasteiger partial charge in [-0.15, -0.1) is 0 Å². The van der Waals surface area contributed by atoms with Crippen LogP contribution in [0.25, 0.3) is 0 Å². The van der Waals surface area contributed by atoms with Crippen LogP contribution in [0.3, 0.4) is 0 Å². The number of benzene rings is 1. The Morgan fingerprint density at radius 3 is 2.53 bits per heavy atom. The van der Waals surface area contributed by atoms with Crippen molar-refractivity contribution in [2.45, 2.75) is 32.6 Å². The predicted molar refractivity (Wildman–Crippen MR) is 75.7 cm³/mol. The molecule has 0 saturated heterocycles. The first-order valence-corrected chi connectivity index (χ1v) is 6.30. The molecule has 0 atom stereocenters. The Hall–Kier alpha value is -1.91. The quantitative estimate of drug-likeness (QED) is 0.450. The molecule has 0 bridgehead atoms. The molecule has 0 aliphatic carbocycles. The molecule has 0 spiro atoms. The molecule has 5 nitrogen and oxygen atoms in total. The van der Waals surface area contributed by atoms with Gasteiger partial charge in [-0.05, 0) is 31.9 Å². The Bertz CT molecular complexity index is 484. The Labute approximate surface area is 113 Å². The molecule has 104 valence electrons. The molecule has 5 heteroatoms. The van der Waals surface area contributed by atoms with Crippen molar-refractivity contribution in [1.82, 2.24) is 0 Å². The van der Waals surface area contributed by atoms with E-state index in [1.807, 2.05) is 11.9 Å². The van der Waals surface area contributed by atoms with Gasteiger partial charge in [0, 0.05) is 36.8 Å². The summed E-state index contributed by atoms with van der Waals surface area (Å²) >= 11 is 0. The first-order valence-electron chi connectivity index (χ1n) is 6.30. The highest BCUT2D eigenvalue weighted by Gasteiger charge is 2.26. The van der Waals surface area contributed by atoms with Gasteiger partial charge < -0.3 is 9.69 Å². The van der Waals surface area contributed by atoms with Gasteiger partial charge in [-0.1, -0.05) is 6.92 Å². The third kappa shape index (κ3) is 3.30. The molecule has 19 heavy (non-hydrogen) atoms. The highest BCUT2D eigenvalue weighted by atomic mass is 16.6. The van der Waals surface area contributed by atoms with Crippen LogP contribution >= 0.6 is 0 Å². The lowest BCUT2D eigenvalue weighted by Crippen LogP contribution is -2.26. The number of anilines is 1. The van der Waals surface area contributed by atoms with Gasteiger partial charge in [0.25, 0.3) is 5.69 Å². The summed E-state index contributed by atoms with van der Waals surface area (Å²) in [5.74, 6) is 0. The normalized spacial score (nSPS) is 11.2. The highest BCUT2D eigenvalue weighted by Crippen LogP contribution is 2.33. The minimum atomic E-state index is -0.747. The van der Waals surface area contributed by atoms with Crippen LogP contribution in [0.5, 0.6) is 0 Å². The second-order valence-corrected chi connectivity index (χ2v) is 5.22. The zero-order valence-electron chi connectivity index (χ0n) is 11.8. The number of rotatable bonds is 6. The minimum Gasteiger partial charge on any atom is -0.374 e. The van der Waals surface area contributed by atoms with E-state index in [2.05, 4.69) is 6.92 Å². The summed E-state index contributed by atoms with van der Waals surface area (Å²) < 4.78 is 0. The van der Waals surface area contributed by atoms with E-state index in [-0.39, 0.29) is 5.69 Å². The van der Waals surface area contributed by atoms with Crippen molar-refractivity contribution >= 4 is 17.7 Å². The number of hydrogen-bond acceptors (Lipinski definition) is 4. The average molecular weight is 264 g/mol. The van der Waals surface area contributed by atoms with Crippen molar-refractivity contribution < 1.29 is 9.72 Å². The molecule has 0 N–H and O–H groups in total. The summed E-state index contributed by atoms with van der Waals surface area (Å²) in [6.07, 6.45) is 1.80. The summed E-state index contributed by atoms with van der Waals surface area (Å²) in [6.45, 7) is 6.43. The molecule has 1 rings (SSSR count). The van der Waals surface area contributed by atoms with E-state index in [1.54, 1.807) is 19.9 Å². The van der Waals surface area contributed by atoms with Gasteiger partial charge in [-0.25, -0.2) is 0 Å². The number of nitro groups is 1. The summed E-state index contributed by atoms with van der Waals surface area (Å²) in [6, 6.07) is 4.69. The van der Waals surface area contributed by atoms with Crippen LogP contribution in [0, 0.1) is 10.1 Å². The fourth-order valence-electron chi connectivity index (χ4n) is 2.01. The summed E-state index contributed by atoms with van der Waals surface area (Å²) in [5.41, 5.74) is 0.819. The van der Waals surface area contributed by atoms with Crippen molar-refractivity contribution in [2.75, 3.05) is 18.5 Å².